The van der Waals surface area contributed by atoms with E-state index < -0.39 is 11.6 Å². The van der Waals surface area contributed by atoms with Crippen LogP contribution in [-0.4, -0.2) is 43.5 Å². The van der Waals surface area contributed by atoms with E-state index in [1.54, 1.807) is 31.0 Å². The Morgan fingerprint density at radius 3 is 2.38 bits per heavy atom. The zero-order chi connectivity index (χ0) is 18.9. The molecule has 0 spiro atoms. The fourth-order valence-corrected chi connectivity index (χ4v) is 3.30. The molecular weight excluding hydrogens is 328 g/mol. The average Bonchev–Trinajstić information content (AvgIpc) is 2.61. The normalized spacial score (nSPS) is 18.7. The molecule has 5 heteroatoms. The number of cyclic esters (lactones) is 1. The molecule has 26 heavy (non-hydrogen) atoms. The second-order valence-electron chi connectivity index (χ2n) is 7.18. The van der Waals surface area contributed by atoms with Crippen LogP contribution in [0.25, 0.3) is 0 Å². The number of esters is 1. The second kappa shape index (κ2) is 6.83. The summed E-state index contributed by atoms with van der Waals surface area (Å²) in [6, 6.07) is 15.3. The molecule has 0 aliphatic carbocycles. The van der Waals surface area contributed by atoms with Crippen LogP contribution in [0.2, 0.25) is 0 Å². The first kappa shape index (κ1) is 18.0. The molecule has 0 aromatic heterocycles. The largest absolute Gasteiger partial charge is 0.445 e. The molecule has 0 bridgehead atoms. The highest BCUT2D eigenvalue weighted by molar-refractivity contribution is 5.97. The van der Waals surface area contributed by atoms with Gasteiger partial charge in [-0.15, -0.1) is 0 Å². The Kier molecular flexibility index (Phi) is 4.72. The number of amides is 1. The molecule has 1 aliphatic heterocycles. The molecule has 3 rings (SSSR count). The zero-order valence-electron chi connectivity index (χ0n) is 15.7. The van der Waals surface area contributed by atoms with Gasteiger partial charge in [0.05, 0.1) is 5.56 Å². The monoisotopic (exact) mass is 352 g/mol. The van der Waals surface area contributed by atoms with Crippen molar-refractivity contribution in [1.29, 1.82) is 0 Å². The van der Waals surface area contributed by atoms with Crippen molar-refractivity contribution in [3.63, 3.8) is 0 Å². The molecule has 5 nitrogen and oxygen atoms in total. The standard InChI is InChI=1S/C21H24N2O3/c1-21(13-16-7-5-6-8-18(16)19(24)26-21)20(25)23(4)14-15-9-11-17(12-10-15)22(2)3/h5-12H,13-14H2,1-4H3. The molecule has 0 N–H and O–H groups in total. The fraction of sp³-hybridized carbons (Fsp3) is 0.333. The number of hydrogen-bond acceptors (Lipinski definition) is 4. The summed E-state index contributed by atoms with van der Waals surface area (Å²) in [4.78, 5) is 28.9. The van der Waals surface area contributed by atoms with Crippen molar-refractivity contribution in [3.8, 4) is 0 Å². The van der Waals surface area contributed by atoms with Gasteiger partial charge in [0, 0.05) is 39.8 Å². The summed E-state index contributed by atoms with van der Waals surface area (Å²) in [6.45, 7) is 2.15. The van der Waals surface area contributed by atoms with E-state index in [9.17, 15) is 9.59 Å². The molecule has 1 heterocycles. The Bertz CT molecular complexity index is 829. The maximum absolute atomic E-state index is 13.0. The maximum Gasteiger partial charge on any atom is 0.339 e. The van der Waals surface area contributed by atoms with Crippen LogP contribution in [0.5, 0.6) is 0 Å². The van der Waals surface area contributed by atoms with Crippen molar-refractivity contribution >= 4 is 17.6 Å². The number of rotatable bonds is 4. The topological polar surface area (TPSA) is 49.9 Å². The van der Waals surface area contributed by atoms with Gasteiger partial charge < -0.3 is 14.5 Å². The van der Waals surface area contributed by atoms with E-state index >= 15 is 0 Å². The highest BCUT2D eigenvalue weighted by Crippen LogP contribution is 2.30. The number of anilines is 1. The van der Waals surface area contributed by atoms with E-state index in [1.165, 1.54) is 0 Å². The minimum absolute atomic E-state index is 0.197. The predicted octanol–water partition coefficient (Wildman–Crippen LogP) is 2.88. The molecule has 1 atom stereocenters. The maximum atomic E-state index is 13.0. The Labute approximate surface area is 154 Å². The molecule has 2 aromatic carbocycles. The van der Waals surface area contributed by atoms with Crippen molar-refractivity contribution in [2.24, 2.45) is 0 Å². The van der Waals surface area contributed by atoms with Gasteiger partial charge in [-0.3, -0.25) is 4.79 Å². The van der Waals surface area contributed by atoms with Crippen LogP contribution in [-0.2, 0) is 22.5 Å². The molecule has 1 unspecified atom stereocenters. The Morgan fingerprint density at radius 2 is 1.73 bits per heavy atom. The molecule has 0 fully saturated rings. The molecule has 1 aliphatic rings. The SMILES string of the molecule is CN(Cc1ccc(N(C)C)cc1)C(=O)C1(C)Cc2ccccc2C(=O)O1. The van der Waals surface area contributed by atoms with Crippen molar-refractivity contribution in [2.75, 3.05) is 26.0 Å². The van der Waals surface area contributed by atoms with E-state index in [2.05, 4.69) is 0 Å². The third kappa shape index (κ3) is 3.43. The van der Waals surface area contributed by atoms with Gasteiger partial charge in [0.25, 0.3) is 5.91 Å². The lowest BCUT2D eigenvalue weighted by Gasteiger charge is -2.36. The van der Waals surface area contributed by atoms with Gasteiger partial charge >= 0.3 is 5.97 Å². The van der Waals surface area contributed by atoms with Crippen LogP contribution in [0.1, 0.15) is 28.4 Å². The van der Waals surface area contributed by atoms with Crippen molar-refractivity contribution < 1.29 is 14.3 Å². The van der Waals surface area contributed by atoms with Crippen LogP contribution < -0.4 is 4.90 Å². The first-order valence-electron chi connectivity index (χ1n) is 8.63. The van der Waals surface area contributed by atoms with E-state index in [-0.39, 0.29) is 5.91 Å². The molecule has 0 saturated carbocycles. The Morgan fingerprint density at radius 1 is 1.08 bits per heavy atom. The lowest BCUT2D eigenvalue weighted by molar-refractivity contribution is -0.150. The smallest absolute Gasteiger partial charge is 0.339 e. The quantitative estimate of drug-likeness (QED) is 0.794. The van der Waals surface area contributed by atoms with Crippen LogP contribution in [0.15, 0.2) is 48.5 Å². The van der Waals surface area contributed by atoms with Crippen LogP contribution in [0.4, 0.5) is 5.69 Å². The number of likely N-dealkylation sites (N-methyl/N-ethyl adjacent to an activating group) is 1. The molecule has 1 amide bonds. The minimum Gasteiger partial charge on any atom is -0.445 e. The van der Waals surface area contributed by atoms with Crippen molar-refractivity contribution in [1.82, 2.24) is 4.90 Å². The zero-order valence-corrected chi connectivity index (χ0v) is 15.7. The summed E-state index contributed by atoms with van der Waals surface area (Å²) >= 11 is 0. The lowest BCUT2D eigenvalue weighted by atomic mass is 9.89. The molecule has 136 valence electrons. The number of nitrogens with zero attached hydrogens (tertiary/aromatic N) is 2. The highest BCUT2D eigenvalue weighted by Gasteiger charge is 2.44. The summed E-state index contributed by atoms with van der Waals surface area (Å²) in [5, 5.41) is 0. The Hall–Kier alpha value is -2.82. The van der Waals surface area contributed by atoms with Crippen molar-refractivity contribution in [2.45, 2.75) is 25.5 Å². The molecule has 0 radical (unpaired) electrons. The van der Waals surface area contributed by atoms with Crippen LogP contribution in [0, 0.1) is 0 Å². The van der Waals surface area contributed by atoms with Gasteiger partial charge in [-0.1, -0.05) is 30.3 Å². The number of carbonyl (C=O) groups excluding carboxylic acids is 2. The van der Waals surface area contributed by atoms with E-state index in [0.29, 0.717) is 18.5 Å². The Balaban J connectivity index is 1.75. The van der Waals surface area contributed by atoms with Gasteiger partial charge in [-0.05, 0) is 36.2 Å². The minimum atomic E-state index is -1.18. The second-order valence-corrected chi connectivity index (χ2v) is 7.18. The third-order valence-corrected chi connectivity index (χ3v) is 4.75. The first-order valence-corrected chi connectivity index (χ1v) is 8.63. The van der Waals surface area contributed by atoms with E-state index in [4.69, 9.17) is 4.74 Å². The van der Waals surface area contributed by atoms with Gasteiger partial charge in [-0.2, -0.15) is 0 Å². The highest BCUT2D eigenvalue weighted by atomic mass is 16.6. The molecule has 0 saturated heterocycles. The lowest BCUT2D eigenvalue weighted by Crippen LogP contribution is -2.51. The number of ether oxygens (including phenoxy) is 1. The van der Waals surface area contributed by atoms with E-state index in [0.717, 1.165) is 16.8 Å². The van der Waals surface area contributed by atoms with Crippen LogP contribution >= 0.6 is 0 Å². The van der Waals surface area contributed by atoms with Crippen molar-refractivity contribution in [3.05, 3.63) is 65.2 Å². The summed E-state index contributed by atoms with van der Waals surface area (Å²) in [5.41, 5.74) is 2.34. The fourth-order valence-electron chi connectivity index (χ4n) is 3.30. The third-order valence-electron chi connectivity index (χ3n) is 4.75. The number of hydrogen-bond donors (Lipinski definition) is 0. The summed E-state index contributed by atoms with van der Waals surface area (Å²) < 4.78 is 5.53. The molecule has 2 aromatic rings. The molecular formula is C21H24N2O3. The summed E-state index contributed by atoms with van der Waals surface area (Å²) in [6.07, 6.45) is 0.387. The van der Waals surface area contributed by atoms with Gasteiger partial charge in [0.1, 0.15) is 0 Å². The summed E-state index contributed by atoms with van der Waals surface area (Å²) in [7, 11) is 5.71. The van der Waals surface area contributed by atoms with E-state index in [1.807, 2.05) is 55.4 Å². The first-order chi connectivity index (χ1) is 12.3. The van der Waals surface area contributed by atoms with Gasteiger partial charge in [0.2, 0.25) is 0 Å². The number of benzene rings is 2. The average molecular weight is 352 g/mol. The number of fused-ring (bicyclic) bond motifs is 1. The van der Waals surface area contributed by atoms with Gasteiger partial charge in [-0.25, -0.2) is 4.79 Å². The van der Waals surface area contributed by atoms with Crippen LogP contribution in [0.3, 0.4) is 0 Å². The number of carbonyl (C=O) groups is 2. The predicted molar refractivity (Wildman–Crippen MR) is 101 cm³/mol. The van der Waals surface area contributed by atoms with Gasteiger partial charge in [0.15, 0.2) is 5.60 Å². The summed E-state index contributed by atoms with van der Waals surface area (Å²) in [5.74, 6) is -0.636.